The number of likely N-dealkylation sites (tertiary alicyclic amines) is 1. The number of halogens is 3. The lowest BCUT2D eigenvalue weighted by molar-refractivity contribution is -0.190. The number of piperidine rings is 1. The Labute approximate surface area is 113 Å². The van der Waals surface area contributed by atoms with Gasteiger partial charge in [0.05, 0.1) is 5.92 Å². The minimum absolute atomic E-state index is 0.0192. The fraction of sp³-hybridized carbons (Fsp3) is 1.00. The fourth-order valence-electron chi connectivity index (χ4n) is 4.07. The number of rotatable bonds is 1. The van der Waals surface area contributed by atoms with Crippen molar-refractivity contribution in [1.29, 1.82) is 0 Å². The first kappa shape index (κ1) is 15.1. The third-order valence-corrected chi connectivity index (χ3v) is 4.81. The maximum atomic E-state index is 12.9. The molecule has 0 spiro atoms. The fourth-order valence-corrected chi connectivity index (χ4v) is 4.07. The van der Waals surface area contributed by atoms with E-state index in [-0.39, 0.29) is 25.0 Å². The van der Waals surface area contributed by atoms with Gasteiger partial charge in [0.15, 0.2) is 0 Å². The molecule has 0 radical (unpaired) electrons. The number of hydrogen-bond donors (Lipinski definition) is 1. The average Bonchev–Trinajstić information content (AvgIpc) is 2.26. The molecule has 5 heteroatoms. The average molecular weight is 278 g/mol. The van der Waals surface area contributed by atoms with Crippen LogP contribution in [-0.2, 0) is 0 Å². The van der Waals surface area contributed by atoms with Gasteiger partial charge < -0.3 is 5.73 Å². The van der Waals surface area contributed by atoms with Crippen LogP contribution in [0.1, 0.15) is 39.5 Å². The van der Waals surface area contributed by atoms with Crippen LogP contribution >= 0.6 is 0 Å². The number of nitrogens with zero attached hydrogens (tertiary/aromatic N) is 1. The van der Waals surface area contributed by atoms with Gasteiger partial charge in [-0.2, -0.15) is 13.2 Å². The smallest absolute Gasteiger partial charge is 0.326 e. The lowest BCUT2D eigenvalue weighted by Gasteiger charge is -2.47. The Morgan fingerprint density at radius 1 is 1.16 bits per heavy atom. The third-order valence-electron chi connectivity index (χ3n) is 4.81. The predicted octanol–water partition coefficient (Wildman–Crippen LogP) is 3.02. The largest absolute Gasteiger partial charge is 0.393 e. The molecule has 5 unspecified atom stereocenters. The molecule has 1 aliphatic heterocycles. The van der Waals surface area contributed by atoms with E-state index in [1.807, 2.05) is 4.90 Å². The Hall–Kier alpha value is -0.290. The summed E-state index contributed by atoms with van der Waals surface area (Å²) in [6, 6.07) is 0.145. The summed E-state index contributed by atoms with van der Waals surface area (Å²) in [4.78, 5) is 2.02. The van der Waals surface area contributed by atoms with Crippen LogP contribution in [0.2, 0.25) is 0 Å². The number of nitrogens with two attached hydrogens (primary N) is 1. The minimum Gasteiger partial charge on any atom is -0.326 e. The molecule has 2 rings (SSSR count). The van der Waals surface area contributed by atoms with Crippen LogP contribution in [-0.4, -0.2) is 36.2 Å². The predicted molar refractivity (Wildman–Crippen MR) is 69.7 cm³/mol. The molecule has 0 aromatic rings. The van der Waals surface area contributed by atoms with E-state index in [1.165, 1.54) is 0 Å². The maximum Gasteiger partial charge on any atom is 0.393 e. The second-order valence-electron chi connectivity index (χ2n) is 6.58. The minimum atomic E-state index is -4.06. The summed E-state index contributed by atoms with van der Waals surface area (Å²) in [5, 5.41) is 0. The monoisotopic (exact) mass is 278 g/mol. The quantitative estimate of drug-likeness (QED) is 0.799. The highest BCUT2D eigenvalue weighted by molar-refractivity contribution is 4.94. The SMILES string of the molecule is CC1CC(C)C(N2CCCC(C(F)(F)F)C2)C(N)C1. The van der Waals surface area contributed by atoms with E-state index in [4.69, 9.17) is 5.73 Å². The number of hydrogen-bond acceptors (Lipinski definition) is 2. The molecule has 0 aromatic heterocycles. The normalized spacial score (nSPS) is 42.3. The zero-order valence-electron chi connectivity index (χ0n) is 11.8. The van der Waals surface area contributed by atoms with E-state index in [1.54, 1.807) is 0 Å². The van der Waals surface area contributed by atoms with E-state index < -0.39 is 12.1 Å². The Kier molecular flexibility index (Phi) is 4.45. The Balaban J connectivity index is 2.04. The first-order chi connectivity index (χ1) is 8.79. The second-order valence-corrected chi connectivity index (χ2v) is 6.58. The molecular formula is C14H25F3N2. The van der Waals surface area contributed by atoms with Gasteiger partial charge in [-0.1, -0.05) is 13.8 Å². The van der Waals surface area contributed by atoms with Crippen molar-refractivity contribution < 1.29 is 13.2 Å². The summed E-state index contributed by atoms with van der Waals surface area (Å²) < 4.78 is 38.6. The van der Waals surface area contributed by atoms with E-state index >= 15 is 0 Å². The Morgan fingerprint density at radius 3 is 2.42 bits per heavy atom. The highest BCUT2D eigenvalue weighted by Crippen LogP contribution is 2.37. The van der Waals surface area contributed by atoms with E-state index in [0.717, 1.165) is 19.4 Å². The van der Waals surface area contributed by atoms with Gasteiger partial charge in [-0.15, -0.1) is 0 Å². The first-order valence-corrected chi connectivity index (χ1v) is 7.35. The molecule has 112 valence electrons. The highest BCUT2D eigenvalue weighted by Gasteiger charge is 2.45. The van der Waals surface area contributed by atoms with Gasteiger partial charge in [-0.3, -0.25) is 4.90 Å². The maximum absolute atomic E-state index is 12.9. The summed E-state index contributed by atoms with van der Waals surface area (Å²) in [6.07, 6.45) is -1.15. The number of alkyl halides is 3. The van der Waals surface area contributed by atoms with Crippen LogP contribution in [0.4, 0.5) is 13.2 Å². The van der Waals surface area contributed by atoms with Crippen molar-refractivity contribution in [3.05, 3.63) is 0 Å². The van der Waals surface area contributed by atoms with Crippen molar-refractivity contribution >= 4 is 0 Å². The molecule has 2 fully saturated rings. The van der Waals surface area contributed by atoms with Crippen molar-refractivity contribution in [3.63, 3.8) is 0 Å². The van der Waals surface area contributed by atoms with Gasteiger partial charge in [0.2, 0.25) is 0 Å². The molecule has 1 saturated heterocycles. The van der Waals surface area contributed by atoms with Crippen molar-refractivity contribution in [1.82, 2.24) is 4.90 Å². The Morgan fingerprint density at radius 2 is 1.84 bits per heavy atom. The van der Waals surface area contributed by atoms with Crippen LogP contribution in [0.15, 0.2) is 0 Å². The Bertz CT molecular complexity index is 294. The molecule has 0 amide bonds. The van der Waals surface area contributed by atoms with Gasteiger partial charge in [-0.05, 0) is 44.1 Å². The molecule has 0 bridgehead atoms. The van der Waals surface area contributed by atoms with Crippen LogP contribution in [0.3, 0.4) is 0 Å². The topological polar surface area (TPSA) is 29.3 Å². The zero-order chi connectivity index (χ0) is 14.2. The molecule has 5 atom stereocenters. The van der Waals surface area contributed by atoms with Gasteiger partial charge in [0, 0.05) is 18.6 Å². The molecule has 1 heterocycles. The van der Waals surface area contributed by atoms with Crippen molar-refractivity contribution in [3.8, 4) is 0 Å². The lowest BCUT2D eigenvalue weighted by atomic mass is 9.75. The molecule has 2 nitrogen and oxygen atoms in total. The van der Waals surface area contributed by atoms with Gasteiger partial charge in [0.25, 0.3) is 0 Å². The summed E-state index contributed by atoms with van der Waals surface area (Å²) in [5.41, 5.74) is 6.22. The molecule has 2 N–H and O–H groups in total. The lowest BCUT2D eigenvalue weighted by Crippen LogP contribution is -2.58. The van der Waals surface area contributed by atoms with Gasteiger partial charge in [-0.25, -0.2) is 0 Å². The second kappa shape index (κ2) is 5.60. The van der Waals surface area contributed by atoms with Crippen molar-refractivity contribution in [2.24, 2.45) is 23.5 Å². The molecule has 0 aromatic carbocycles. The highest BCUT2D eigenvalue weighted by atomic mass is 19.4. The summed E-state index contributed by atoms with van der Waals surface area (Å²) in [5.74, 6) is -0.185. The standard InChI is InChI=1S/C14H25F3N2/c1-9-6-10(2)13(12(18)7-9)19-5-3-4-11(8-19)14(15,16)17/h9-13H,3-8,18H2,1-2H3. The zero-order valence-corrected chi connectivity index (χ0v) is 11.8. The van der Waals surface area contributed by atoms with Gasteiger partial charge in [0.1, 0.15) is 0 Å². The first-order valence-electron chi connectivity index (χ1n) is 7.35. The molecule has 1 aliphatic carbocycles. The molecule has 1 saturated carbocycles. The van der Waals surface area contributed by atoms with Gasteiger partial charge >= 0.3 is 6.18 Å². The van der Waals surface area contributed by atoms with E-state index in [2.05, 4.69) is 13.8 Å². The van der Waals surface area contributed by atoms with Crippen LogP contribution in [0, 0.1) is 17.8 Å². The van der Waals surface area contributed by atoms with E-state index in [9.17, 15) is 13.2 Å². The summed E-state index contributed by atoms with van der Waals surface area (Å²) in [6.45, 7) is 5.23. The summed E-state index contributed by atoms with van der Waals surface area (Å²) >= 11 is 0. The van der Waals surface area contributed by atoms with Crippen LogP contribution < -0.4 is 5.73 Å². The van der Waals surface area contributed by atoms with Crippen molar-refractivity contribution in [2.45, 2.75) is 57.8 Å². The van der Waals surface area contributed by atoms with Crippen molar-refractivity contribution in [2.75, 3.05) is 13.1 Å². The van der Waals surface area contributed by atoms with E-state index in [0.29, 0.717) is 18.3 Å². The van der Waals surface area contributed by atoms with Crippen LogP contribution in [0.25, 0.3) is 0 Å². The molecule has 2 aliphatic rings. The third kappa shape index (κ3) is 3.43. The summed E-state index contributed by atoms with van der Waals surface area (Å²) in [7, 11) is 0. The van der Waals surface area contributed by atoms with Crippen LogP contribution in [0.5, 0.6) is 0 Å². The molecule has 19 heavy (non-hydrogen) atoms. The molecular weight excluding hydrogens is 253 g/mol.